The smallest absolute Gasteiger partial charge is 0.00232 e. The summed E-state index contributed by atoms with van der Waals surface area (Å²) in [5.74, 6) is 0.764. The van der Waals surface area contributed by atoms with Crippen molar-refractivity contribution >= 4 is 0 Å². The monoisotopic (exact) mass is 219 g/mol. The lowest BCUT2D eigenvalue weighted by atomic mass is 9.97. The second kappa shape index (κ2) is 6.70. The molecule has 0 aliphatic rings. The van der Waals surface area contributed by atoms with Gasteiger partial charge in [-0.05, 0) is 56.8 Å². The topological polar surface area (TPSA) is 12.0 Å². The molecule has 0 amide bonds. The summed E-state index contributed by atoms with van der Waals surface area (Å²) in [5.41, 5.74) is 4.32. The van der Waals surface area contributed by atoms with E-state index in [1.165, 1.54) is 29.5 Å². The van der Waals surface area contributed by atoms with Crippen LogP contribution in [0.1, 0.15) is 37.0 Å². The van der Waals surface area contributed by atoms with Gasteiger partial charge in [-0.25, -0.2) is 0 Å². The Morgan fingerprint density at radius 2 is 2.00 bits per heavy atom. The highest BCUT2D eigenvalue weighted by Gasteiger charge is 2.04. The Balaban J connectivity index is 2.44. The Morgan fingerprint density at radius 1 is 1.25 bits per heavy atom. The maximum atomic E-state index is 3.41. The largest absolute Gasteiger partial charge is 0.317 e. The summed E-state index contributed by atoms with van der Waals surface area (Å²) < 4.78 is 0. The molecular formula is C15H25N. The lowest BCUT2D eigenvalue weighted by Gasteiger charge is -2.13. The number of rotatable bonds is 6. The second-order valence-electron chi connectivity index (χ2n) is 4.88. The molecule has 0 heterocycles. The Labute approximate surface area is 100 Å². The van der Waals surface area contributed by atoms with E-state index in [2.05, 4.69) is 51.2 Å². The molecule has 0 fully saturated rings. The van der Waals surface area contributed by atoms with Gasteiger partial charge in [0.05, 0.1) is 0 Å². The molecule has 90 valence electrons. The molecule has 1 unspecified atom stereocenters. The molecule has 0 radical (unpaired) electrons. The Kier molecular flexibility index (Phi) is 5.54. The molecule has 1 aromatic rings. The van der Waals surface area contributed by atoms with Crippen LogP contribution in [0.25, 0.3) is 0 Å². The predicted octanol–water partition coefficient (Wildman–Crippen LogP) is 3.48. The van der Waals surface area contributed by atoms with Crippen LogP contribution in [-0.2, 0) is 6.42 Å². The van der Waals surface area contributed by atoms with Gasteiger partial charge in [0, 0.05) is 0 Å². The van der Waals surface area contributed by atoms with Crippen molar-refractivity contribution < 1.29 is 0 Å². The van der Waals surface area contributed by atoms with Crippen LogP contribution >= 0.6 is 0 Å². The van der Waals surface area contributed by atoms with Crippen molar-refractivity contribution in [2.45, 2.75) is 40.5 Å². The molecule has 1 N–H and O–H groups in total. The first kappa shape index (κ1) is 13.2. The van der Waals surface area contributed by atoms with Crippen molar-refractivity contribution in [1.82, 2.24) is 5.32 Å². The van der Waals surface area contributed by atoms with Crippen LogP contribution in [0.3, 0.4) is 0 Å². The quantitative estimate of drug-likeness (QED) is 0.772. The first-order valence-corrected chi connectivity index (χ1v) is 6.40. The first-order valence-electron chi connectivity index (χ1n) is 6.40. The zero-order chi connectivity index (χ0) is 12.0. The molecule has 0 aromatic heterocycles. The van der Waals surface area contributed by atoms with E-state index < -0.39 is 0 Å². The summed E-state index contributed by atoms with van der Waals surface area (Å²) in [6.07, 6.45) is 2.48. The lowest BCUT2D eigenvalue weighted by molar-refractivity contribution is 0.489. The average Bonchev–Trinajstić information content (AvgIpc) is 2.27. The summed E-state index contributed by atoms with van der Waals surface area (Å²) in [5, 5.41) is 3.41. The van der Waals surface area contributed by atoms with Gasteiger partial charge in [-0.1, -0.05) is 37.6 Å². The highest BCUT2D eigenvalue weighted by molar-refractivity contribution is 5.30. The fourth-order valence-electron chi connectivity index (χ4n) is 1.96. The molecular weight excluding hydrogens is 194 g/mol. The third-order valence-electron chi connectivity index (χ3n) is 3.15. The van der Waals surface area contributed by atoms with Crippen molar-refractivity contribution in [1.29, 1.82) is 0 Å². The highest BCUT2D eigenvalue weighted by atomic mass is 14.8. The minimum absolute atomic E-state index is 0.764. The van der Waals surface area contributed by atoms with Crippen LogP contribution in [0.2, 0.25) is 0 Å². The molecule has 0 spiro atoms. The number of nitrogens with one attached hydrogen (secondary N) is 1. The molecule has 1 aromatic carbocycles. The summed E-state index contributed by atoms with van der Waals surface area (Å²) >= 11 is 0. The highest BCUT2D eigenvalue weighted by Crippen LogP contribution is 2.15. The van der Waals surface area contributed by atoms with Crippen LogP contribution in [0.5, 0.6) is 0 Å². The van der Waals surface area contributed by atoms with E-state index in [1.807, 2.05) is 0 Å². The molecule has 0 saturated carbocycles. The van der Waals surface area contributed by atoms with E-state index in [9.17, 15) is 0 Å². The van der Waals surface area contributed by atoms with Gasteiger partial charge >= 0.3 is 0 Å². The van der Waals surface area contributed by atoms with Crippen LogP contribution < -0.4 is 5.32 Å². The van der Waals surface area contributed by atoms with E-state index in [0.717, 1.165) is 19.0 Å². The summed E-state index contributed by atoms with van der Waals surface area (Å²) in [6, 6.07) is 6.76. The number of hydrogen-bond donors (Lipinski definition) is 1. The second-order valence-corrected chi connectivity index (χ2v) is 4.88. The Bertz CT molecular complexity index is 317. The van der Waals surface area contributed by atoms with Gasteiger partial charge in [0.2, 0.25) is 0 Å². The van der Waals surface area contributed by atoms with E-state index in [1.54, 1.807) is 0 Å². The molecule has 1 rings (SSSR count). The van der Waals surface area contributed by atoms with Gasteiger partial charge in [-0.2, -0.15) is 0 Å². The predicted molar refractivity (Wildman–Crippen MR) is 71.9 cm³/mol. The fourth-order valence-corrected chi connectivity index (χ4v) is 1.96. The minimum Gasteiger partial charge on any atom is -0.317 e. The number of benzene rings is 1. The average molecular weight is 219 g/mol. The summed E-state index contributed by atoms with van der Waals surface area (Å²) in [4.78, 5) is 0. The molecule has 0 aliphatic heterocycles. The number of aryl methyl sites for hydroxylation is 3. The van der Waals surface area contributed by atoms with E-state index >= 15 is 0 Å². The van der Waals surface area contributed by atoms with E-state index in [0.29, 0.717) is 0 Å². The van der Waals surface area contributed by atoms with Crippen molar-refractivity contribution in [3.8, 4) is 0 Å². The maximum Gasteiger partial charge on any atom is -0.00232 e. The van der Waals surface area contributed by atoms with E-state index in [-0.39, 0.29) is 0 Å². The maximum absolute atomic E-state index is 3.41. The third-order valence-corrected chi connectivity index (χ3v) is 3.15. The van der Waals surface area contributed by atoms with Gasteiger partial charge in [-0.3, -0.25) is 0 Å². The van der Waals surface area contributed by atoms with Crippen LogP contribution in [0.4, 0.5) is 0 Å². The van der Waals surface area contributed by atoms with Crippen molar-refractivity contribution in [3.63, 3.8) is 0 Å². The zero-order valence-corrected chi connectivity index (χ0v) is 11.1. The van der Waals surface area contributed by atoms with Gasteiger partial charge in [0.25, 0.3) is 0 Å². The molecule has 1 atom stereocenters. The van der Waals surface area contributed by atoms with E-state index in [4.69, 9.17) is 0 Å². The zero-order valence-electron chi connectivity index (χ0n) is 11.1. The van der Waals surface area contributed by atoms with Crippen LogP contribution in [-0.4, -0.2) is 13.1 Å². The SMILES string of the molecule is CCNCC(C)CCc1cc(C)ccc1C. The lowest BCUT2D eigenvalue weighted by Crippen LogP contribution is -2.20. The summed E-state index contributed by atoms with van der Waals surface area (Å²) in [6.45, 7) is 11.1. The van der Waals surface area contributed by atoms with Crippen LogP contribution in [0.15, 0.2) is 18.2 Å². The molecule has 1 nitrogen and oxygen atoms in total. The van der Waals surface area contributed by atoms with Crippen LogP contribution in [0, 0.1) is 19.8 Å². The first-order chi connectivity index (χ1) is 7.63. The Hall–Kier alpha value is -0.820. The molecule has 0 aliphatic carbocycles. The van der Waals surface area contributed by atoms with Crippen molar-refractivity contribution in [2.24, 2.45) is 5.92 Å². The third kappa shape index (κ3) is 4.36. The fraction of sp³-hybridized carbons (Fsp3) is 0.600. The minimum atomic E-state index is 0.764. The molecule has 1 heteroatoms. The standard InChI is InChI=1S/C15H25N/c1-5-16-11-13(3)7-9-15-10-12(2)6-8-14(15)4/h6,8,10,13,16H,5,7,9,11H2,1-4H3. The summed E-state index contributed by atoms with van der Waals surface area (Å²) in [7, 11) is 0. The normalized spacial score (nSPS) is 12.8. The molecule has 0 saturated heterocycles. The van der Waals surface area contributed by atoms with Gasteiger partial charge in [-0.15, -0.1) is 0 Å². The number of hydrogen-bond acceptors (Lipinski definition) is 1. The van der Waals surface area contributed by atoms with Crippen molar-refractivity contribution in [2.75, 3.05) is 13.1 Å². The molecule has 0 bridgehead atoms. The van der Waals surface area contributed by atoms with Gasteiger partial charge in [0.15, 0.2) is 0 Å². The Morgan fingerprint density at radius 3 is 2.69 bits per heavy atom. The van der Waals surface area contributed by atoms with Gasteiger partial charge in [0.1, 0.15) is 0 Å². The van der Waals surface area contributed by atoms with Crippen molar-refractivity contribution in [3.05, 3.63) is 34.9 Å². The molecule has 16 heavy (non-hydrogen) atoms. The van der Waals surface area contributed by atoms with Gasteiger partial charge < -0.3 is 5.32 Å².